The lowest BCUT2D eigenvalue weighted by Crippen LogP contribution is -2.36. The lowest BCUT2D eigenvalue weighted by molar-refractivity contribution is -0.143. The second-order valence-corrected chi connectivity index (χ2v) is 5.33. The molecule has 2 aromatic rings. The summed E-state index contributed by atoms with van der Waals surface area (Å²) in [6, 6.07) is 3.74. The number of aliphatic carboxylic acids is 1. The monoisotopic (exact) mass is 274 g/mol. The van der Waals surface area contributed by atoms with Crippen LogP contribution in [0.25, 0.3) is 5.65 Å². The Labute approximate surface area is 116 Å². The van der Waals surface area contributed by atoms with Crippen LogP contribution in [0.15, 0.2) is 24.5 Å². The average molecular weight is 274 g/mol. The number of rotatable bonds is 3. The largest absolute Gasteiger partial charge is 0.481 e. The number of nitrogens with two attached hydrogens (primary N) is 1. The summed E-state index contributed by atoms with van der Waals surface area (Å²) < 4.78 is 2.00. The van der Waals surface area contributed by atoms with Crippen LogP contribution in [-0.4, -0.2) is 38.4 Å². The van der Waals surface area contributed by atoms with Gasteiger partial charge in [-0.25, -0.2) is 4.98 Å². The average Bonchev–Trinajstić information content (AvgIpc) is 2.82. The van der Waals surface area contributed by atoms with Gasteiger partial charge < -0.3 is 15.2 Å². The van der Waals surface area contributed by atoms with Crippen LogP contribution in [0, 0.1) is 5.92 Å². The Morgan fingerprint density at radius 3 is 2.85 bits per heavy atom. The van der Waals surface area contributed by atoms with Crippen molar-refractivity contribution in [2.24, 2.45) is 5.92 Å². The molecule has 20 heavy (non-hydrogen) atoms. The molecule has 1 saturated heterocycles. The molecule has 0 radical (unpaired) electrons. The molecule has 0 atom stereocenters. The first-order chi connectivity index (χ1) is 9.63. The highest BCUT2D eigenvalue weighted by atomic mass is 16.4. The van der Waals surface area contributed by atoms with Crippen molar-refractivity contribution < 1.29 is 9.90 Å². The topological polar surface area (TPSA) is 83.9 Å². The molecule has 0 unspecified atom stereocenters. The molecule has 1 aliphatic heterocycles. The number of imidazole rings is 1. The summed E-state index contributed by atoms with van der Waals surface area (Å²) in [5.41, 5.74) is 8.49. The number of carbonyl (C=O) groups is 1. The first-order valence-corrected chi connectivity index (χ1v) is 6.80. The van der Waals surface area contributed by atoms with E-state index in [-0.39, 0.29) is 5.92 Å². The Balaban J connectivity index is 1.71. The third kappa shape index (κ3) is 2.46. The van der Waals surface area contributed by atoms with Crippen molar-refractivity contribution >= 4 is 17.3 Å². The van der Waals surface area contributed by atoms with Crippen LogP contribution in [0.3, 0.4) is 0 Å². The van der Waals surface area contributed by atoms with Crippen LogP contribution in [0.2, 0.25) is 0 Å². The molecule has 0 bridgehead atoms. The first kappa shape index (κ1) is 12.9. The van der Waals surface area contributed by atoms with Gasteiger partial charge in [0.2, 0.25) is 0 Å². The third-order valence-electron chi connectivity index (χ3n) is 3.93. The maximum atomic E-state index is 10.9. The fourth-order valence-electron chi connectivity index (χ4n) is 2.73. The zero-order valence-electron chi connectivity index (χ0n) is 11.2. The molecule has 106 valence electrons. The van der Waals surface area contributed by atoms with Crippen molar-refractivity contribution in [2.75, 3.05) is 18.8 Å². The van der Waals surface area contributed by atoms with Crippen molar-refractivity contribution in [3.05, 3.63) is 30.2 Å². The molecule has 0 aromatic carbocycles. The highest BCUT2D eigenvalue weighted by Crippen LogP contribution is 2.20. The predicted octanol–water partition coefficient (Wildman–Crippen LogP) is 1.21. The highest BCUT2D eigenvalue weighted by Gasteiger charge is 2.24. The molecule has 3 N–H and O–H groups in total. The first-order valence-electron chi connectivity index (χ1n) is 6.80. The number of hydrogen-bond acceptors (Lipinski definition) is 4. The fourth-order valence-corrected chi connectivity index (χ4v) is 2.73. The maximum absolute atomic E-state index is 10.9. The Morgan fingerprint density at radius 1 is 1.40 bits per heavy atom. The summed E-state index contributed by atoms with van der Waals surface area (Å²) >= 11 is 0. The number of nitrogen functional groups attached to an aromatic ring is 1. The minimum absolute atomic E-state index is 0.191. The second kappa shape index (κ2) is 5.13. The molecule has 6 nitrogen and oxygen atoms in total. The highest BCUT2D eigenvalue weighted by molar-refractivity contribution is 5.70. The number of nitrogens with zero attached hydrogens (tertiary/aromatic N) is 3. The van der Waals surface area contributed by atoms with Gasteiger partial charge in [0, 0.05) is 18.4 Å². The van der Waals surface area contributed by atoms with E-state index < -0.39 is 5.97 Å². The Kier molecular flexibility index (Phi) is 3.31. The zero-order valence-corrected chi connectivity index (χ0v) is 11.2. The van der Waals surface area contributed by atoms with Crippen LogP contribution in [-0.2, 0) is 11.3 Å². The van der Waals surface area contributed by atoms with E-state index in [1.807, 2.05) is 28.9 Å². The Bertz CT molecular complexity index is 629. The van der Waals surface area contributed by atoms with Crippen LogP contribution >= 0.6 is 0 Å². The number of likely N-dealkylation sites (tertiary alicyclic amines) is 1. The normalized spacial score (nSPS) is 17.6. The van der Waals surface area contributed by atoms with E-state index >= 15 is 0 Å². The molecule has 0 spiro atoms. The van der Waals surface area contributed by atoms with Crippen LogP contribution in [0.5, 0.6) is 0 Å². The molecule has 6 heteroatoms. The molecular formula is C14H18N4O2. The maximum Gasteiger partial charge on any atom is 0.306 e. The molecular weight excluding hydrogens is 256 g/mol. The number of carboxylic acids is 1. The van der Waals surface area contributed by atoms with Gasteiger partial charge >= 0.3 is 5.97 Å². The van der Waals surface area contributed by atoms with Gasteiger partial charge in [0.15, 0.2) is 0 Å². The van der Waals surface area contributed by atoms with E-state index in [1.165, 1.54) is 0 Å². The van der Waals surface area contributed by atoms with Gasteiger partial charge in [0.05, 0.1) is 17.8 Å². The molecule has 1 aliphatic rings. The number of aromatic nitrogens is 2. The Hall–Kier alpha value is -2.08. The number of carboxylic acid groups (broad SMARTS) is 1. The standard InChI is InChI=1S/C14H18N4O2/c15-11-1-2-13-16-7-12(18(13)8-11)9-17-5-3-10(4-6-17)14(19)20/h1-2,7-8,10H,3-6,9,15H2,(H,19,20). The number of anilines is 1. The van der Waals surface area contributed by atoms with Gasteiger partial charge in [-0.3, -0.25) is 9.69 Å². The number of pyridine rings is 1. The van der Waals surface area contributed by atoms with E-state index in [0.29, 0.717) is 18.5 Å². The molecule has 1 fully saturated rings. The van der Waals surface area contributed by atoms with Gasteiger partial charge in [-0.05, 0) is 38.1 Å². The Morgan fingerprint density at radius 2 is 2.15 bits per heavy atom. The molecule has 2 aromatic heterocycles. The molecule has 0 aliphatic carbocycles. The lowest BCUT2D eigenvalue weighted by atomic mass is 9.97. The number of hydrogen-bond donors (Lipinski definition) is 2. The van der Waals surface area contributed by atoms with E-state index in [4.69, 9.17) is 10.8 Å². The van der Waals surface area contributed by atoms with Crippen molar-refractivity contribution in [2.45, 2.75) is 19.4 Å². The van der Waals surface area contributed by atoms with Crippen LogP contribution in [0.4, 0.5) is 5.69 Å². The van der Waals surface area contributed by atoms with E-state index in [9.17, 15) is 4.79 Å². The van der Waals surface area contributed by atoms with E-state index in [0.717, 1.165) is 31.0 Å². The van der Waals surface area contributed by atoms with Gasteiger partial charge in [0.1, 0.15) is 5.65 Å². The minimum Gasteiger partial charge on any atom is -0.481 e. The quantitative estimate of drug-likeness (QED) is 0.879. The van der Waals surface area contributed by atoms with Crippen molar-refractivity contribution in [3.63, 3.8) is 0 Å². The summed E-state index contributed by atoms with van der Waals surface area (Å²) in [5, 5.41) is 9.01. The molecule has 3 rings (SSSR count). The summed E-state index contributed by atoms with van der Waals surface area (Å²) in [4.78, 5) is 17.6. The number of piperidine rings is 1. The van der Waals surface area contributed by atoms with Crippen molar-refractivity contribution in [3.8, 4) is 0 Å². The second-order valence-electron chi connectivity index (χ2n) is 5.33. The minimum atomic E-state index is -0.674. The van der Waals surface area contributed by atoms with E-state index in [1.54, 1.807) is 0 Å². The SMILES string of the molecule is Nc1ccc2ncc(CN3CCC(C(=O)O)CC3)n2c1. The number of fused-ring (bicyclic) bond motifs is 1. The smallest absolute Gasteiger partial charge is 0.306 e. The summed E-state index contributed by atoms with van der Waals surface area (Å²) in [6.07, 6.45) is 5.17. The van der Waals surface area contributed by atoms with E-state index in [2.05, 4.69) is 9.88 Å². The van der Waals surface area contributed by atoms with Gasteiger partial charge in [-0.1, -0.05) is 0 Å². The molecule has 3 heterocycles. The van der Waals surface area contributed by atoms with Gasteiger partial charge in [-0.15, -0.1) is 0 Å². The summed E-state index contributed by atoms with van der Waals surface area (Å²) in [6.45, 7) is 2.40. The van der Waals surface area contributed by atoms with Gasteiger partial charge in [-0.2, -0.15) is 0 Å². The molecule has 0 amide bonds. The van der Waals surface area contributed by atoms with Crippen LogP contribution in [0.1, 0.15) is 18.5 Å². The predicted molar refractivity (Wildman–Crippen MR) is 75.2 cm³/mol. The molecule has 0 saturated carbocycles. The third-order valence-corrected chi connectivity index (χ3v) is 3.93. The zero-order chi connectivity index (χ0) is 14.1. The van der Waals surface area contributed by atoms with Crippen LogP contribution < -0.4 is 5.73 Å². The fraction of sp³-hybridized carbons (Fsp3) is 0.429. The van der Waals surface area contributed by atoms with Gasteiger partial charge in [0.25, 0.3) is 0 Å². The van der Waals surface area contributed by atoms with Crippen molar-refractivity contribution in [1.29, 1.82) is 0 Å². The summed E-state index contributed by atoms with van der Waals surface area (Å²) in [5.74, 6) is -0.865. The van der Waals surface area contributed by atoms with Crippen molar-refractivity contribution in [1.82, 2.24) is 14.3 Å². The lowest BCUT2D eigenvalue weighted by Gasteiger charge is -2.29. The summed E-state index contributed by atoms with van der Waals surface area (Å²) in [7, 11) is 0.